The number of amides is 1. The Labute approximate surface area is 177 Å². The number of benzene rings is 1. The Kier molecular flexibility index (Phi) is 5.50. The van der Waals surface area contributed by atoms with Crippen LogP contribution in [-0.2, 0) is 9.53 Å². The van der Waals surface area contributed by atoms with Crippen molar-refractivity contribution in [2.45, 2.75) is 26.7 Å². The van der Waals surface area contributed by atoms with Crippen LogP contribution in [-0.4, -0.2) is 40.4 Å². The van der Waals surface area contributed by atoms with Crippen molar-refractivity contribution in [3.8, 4) is 5.13 Å². The van der Waals surface area contributed by atoms with Crippen molar-refractivity contribution in [3.63, 3.8) is 0 Å². The van der Waals surface area contributed by atoms with Gasteiger partial charge in [-0.3, -0.25) is 14.2 Å². The summed E-state index contributed by atoms with van der Waals surface area (Å²) in [6.45, 7) is 4.11. The largest absolute Gasteiger partial charge is 0.454 e. The Bertz CT molecular complexity index is 1100. The molecule has 0 spiro atoms. The minimum atomic E-state index is -0.573. The fourth-order valence-corrected chi connectivity index (χ4v) is 4.41. The molecule has 1 aliphatic rings. The fourth-order valence-electron chi connectivity index (χ4n) is 3.66. The second-order valence-corrected chi connectivity index (χ2v) is 8.00. The van der Waals surface area contributed by atoms with Gasteiger partial charge in [0.1, 0.15) is 0 Å². The van der Waals surface area contributed by atoms with Crippen LogP contribution in [0.5, 0.6) is 0 Å². The van der Waals surface area contributed by atoms with E-state index in [0.29, 0.717) is 24.1 Å². The van der Waals surface area contributed by atoms with Crippen LogP contribution in [0.25, 0.3) is 5.13 Å². The number of ketones is 1. The summed E-state index contributed by atoms with van der Waals surface area (Å²) >= 11 is 1.49. The molecule has 8 heteroatoms. The Morgan fingerprint density at radius 2 is 1.97 bits per heavy atom. The molecule has 3 aromatic rings. The lowest BCUT2D eigenvalue weighted by Crippen LogP contribution is -2.23. The molecule has 0 radical (unpaired) electrons. The molecule has 4 rings (SSSR count). The molecule has 2 aromatic heterocycles. The first kappa shape index (κ1) is 20.0. The second kappa shape index (κ2) is 8.23. The Balaban J connectivity index is 1.41. The van der Waals surface area contributed by atoms with E-state index in [0.717, 1.165) is 28.6 Å². The molecule has 0 unspecified atom stereocenters. The van der Waals surface area contributed by atoms with E-state index >= 15 is 0 Å². The van der Waals surface area contributed by atoms with Crippen molar-refractivity contribution in [2.75, 3.05) is 18.1 Å². The number of hydrogen-bond acceptors (Lipinski definition) is 6. The third-order valence-electron chi connectivity index (χ3n) is 5.16. The molecule has 0 N–H and O–H groups in total. The topological polar surface area (TPSA) is 81.5 Å². The maximum Gasteiger partial charge on any atom is 0.338 e. The maximum atomic E-state index is 12.6. The molecule has 1 saturated heterocycles. The minimum absolute atomic E-state index is 0.0891. The molecule has 1 aliphatic heterocycles. The molecular formula is C22H21N3O4S. The molecule has 0 bridgehead atoms. The van der Waals surface area contributed by atoms with Gasteiger partial charge < -0.3 is 9.64 Å². The number of aromatic nitrogens is 2. The Morgan fingerprint density at radius 3 is 2.60 bits per heavy atom. The van der Waals surface area contributed by atoms with Crippen LogP contribution in [0.4, 0.5) is 5.69 Å². The zero-order valence-electron chi connectivity index (χ0n) is 16.8. The average molecular weight is 423 g/mol. The highest BCUT2D eigenvalue weighted by Gasteiger charge is 2.22. The van der Waals surface area contributed by atoms with Crippen LogP contribution >= 0.6 is 11.3 Å². The molecule has 154 valence electrons. The zero-order chi connectivity index (χ0) is 21.3. The van der Waals surface area contributed by atoms with Crippen molar-refractivity contribution in [1.82, 2.24) is 9.55 Å². The third-order valence-corrected chi connectivity index (χ3v) is 5.92. The van der Waals surface area contributed by atoms with Gasteiger partial charge in [0.25, 0.3) is 0 Å². The van der Waals surface area contributed by atoms with E-state index in [1.165, 1.54) is 11.3 Å². The van der Waals surface area contributed by atoms with Crippen LogP contribution in [0.1, 0.15) is 44.9 Å². The third kappa shape index (κ3) is 3.78. The highest BCUT2D eigenvalue weighted by Crippen LogP contribution is 2.24. The van der Waals surface area contributed by atoms with Crippen molar-refractivity contribution in [2.24, 2.45) is 0 Å². The first-order chi connectivity index (χ1) is 14.5. The summed E-state index contributed by atoms with van der Waals surface area (Å²) in [5, 5.41) is 2.67. The van der Waals surface area contributed by atoms with Gasteiger partial charge in [-0.1, -0.05) is 0 Å². The molecule has 0 atom stereocenters. The van der Waals surface area contributed by atoms with E-state index in [9.17, 15) is 14.4 Å². The predicted molar refractivity (Wildman–Crippen MR) is 114 cm³/mol. The number of aryl methyl sites for hydroxylation is 1. The van der Waals surface area contributed by atoms with E-state index in [-0.39, 0.29) is 18.3 Å². The minimum Gasteiger partial charge on any atom is -0.454 e. The molecule has 3 heterocycles. The number of Topliss-reactive ketones (excluding diaryl/α,β-unsaturated/α-hetero) is 1. The number of anilines is 1. The zero-order valence-corrected chi connectivity index (χ0v) is 17.6. The summed E-state index contributed by atoms with van der Waals surface area (Å²) in [6.07, 6.45) is 3.11. The number of rotatable bonds is 6. The number of thiazole rings is 1. The molecule has 1 aromatic carbocycles. The number of hydrogen-bond donors (Lipinski definition) is 0. The van der Waals surface area contributed by atoms with Crippen LogP contribution in [0.3, 0.4) is 0 Å². The summed E-state index contributed by atoms with van der Waals surface area (Å²) < 4.78 is 7.15. The first-order valence-corrected chi connectivity index (χ1v) is 10.5. The van der Waals surface area contributed by atoms with E-state index < -0.39 is 5.97 Å². The van der Waals surface area contributed by atoms with Crippen molar-refractivity contribution < 1.29 is 19.1 Å². The van der Waals surface area contributed by atoms with Gasteiger partial charge in [0.05, 0.1) is 5.56 Å². The van der Waals surface area contributed by atoms with Gasteiger partial charge in [-0.05, 0) is 50.6 Å². The summed E-state index contributed by atoms with van der Waals surface area (Å²) in [5.74, 6) is -0.749. The molecule has 1 fully saturated rings. The summed E-state index contributed by atoms with van der Waals surface area (Å²) in [7, 11) is 0. The van der Waals surface area contributed by atoms with Gasteiger partial charge in [-0.25, -0.2) is 9.78 Å². The van der Waals surface area contributed by atoms with Gasteiger partial charge in [-0.2, -0.15) is 0 Å². The molecule has 30 heavy (non-hydrogen) atoms. The quantitative estimate of drug-likeness (QED) is 0.446. The van der Waals surface area contributed by atoms with Crippen LogP contribution in [0.15, 0.2) is 41.9 Å². The molecule has 0 aliphatic carbocycles. The van der Waals surface area contributed by atoms with Gasteiger partial charge >= 0.3 is 5.97 Å². The van der Waals surface area contributed by atoms with Crippen molar-refractivity contribution in [1.29, 1.82) is 0 Å². The number of nitrogens with zero attached hydrogens (tertiary/aromatic N) is 3. The van der Waals surface area contributed by atoms with Gasteiger partial charge in [0.2, 0.25) is 11.7 Å². The lowest BCUT2D eigenvalue weighted by atomic mass is 10.1. The highest BCUT2D eigenvalue weighted by molar-refractivity contribution is 7.12. The Morgan fingerprint density at radius 1 is 1.20 bits per heavy atom. The SMILES string of the molecule is Cc1cc(C(=O)COC(=O)c2ccc(N3CCCC3=O)cc2)c(C)n1-c1nccs1. The molecule has 7 nitrogen and oxygen atoms in total. The average Bonchev–Trinajstić information content (AvgIpc) is 3.47. The predicted octanol–water partition coefficient (Wildman–Crippen LogP) is 3.72. The van der Waals surface area contributed by atoms with Crippen LogP contribution in [0.2, 0.25) is 0 Å². The van der Waals surface area contributed by atoms with Gasteiger partial charge in [0.15, 0.2) is 11.7 Å². The first-order valence-electron chi connectivity index (χ1n) is 9.65. The Hall–Kier alpha value is -3.26. The number of carbonyl (C=O) groups is 3. The number of esters is 1. The number of carbonyl (C=O) groups excluding carboxylic acids is 3. The highest BCUT2D eigenvalue weighted by atomic mass is 32.1. The lowest BCUT2D eigenvalue weighted by Gasteiger charge is -2.15. The lowest BCUT2D eigenvalue weighted by molar-refractivity contribution is -0.117. The second-order valence-electron chi connectivity index (χ2n) is 7.13. The van der Waals surface area contributed by atoms with Gasteiger partial charge in [-0.15, -0.1) is 11.3 Å². The summed E-state index contributed by atoms with van der Waals surface area (Å²) in [6, 6.07) is 8.46. The van der Waals surface area contributed by atoms with E-state index in [1.54, 1.807) is 41.4 Å². The maximum absolute atomic E-state index is 12.6. The van der Waals surface area contributed by atoms with E-state index in [2.05, 4.69) is 4.98 Å². The van der Waals surface area contributed by atoms with E-state index in [1.807, 2.05) is 23.8 Å². The number of ether oxygens (including phenoxy) is 1. The smallest absolute Gasteiger partial charge is 0.338 e. The fraction of sp³-hybridized carbons (Fsp3) is 0.273. The van der Waals surface area contributed by atoms with Crippen molar-refractivity contribution >= 4 is 34.7 Å². The van der Waals surface area contributed by atoms with Crippen molar-refractivity contribution in [3.05, 3.63) is 64.4 Å². The normalized spacial score (nSPS) is 13.7. The van der Waals surface area contributed by atoms with Crippen LogP contribution < -0.4 is 4.90 Å². The standard InChI is InChI=1S/C22H21N3O4S/c1-14-12-18(15(2)25(14)22-23-9-11-30-22)19(26)13-29-21(28)16-5-7-17(8-6-16)24-10-3-4-20(24)27/h5-9,11-12H,3-4,10,13H2,1-2H3. The van der Waals surface area contributed by atoms with Gasteiger partial charge in [0, 0.05) is 47.2 Å². The molecule has 1 amide bonds. The summed E-state index contributed by atoms with van der Waals surface area (Å²) in [5.41, 5.74) is 3.27. The summed E-state index contributed by atoms with van der Waals surface area (Å²) in [4.78, 5) is 42.8. The van der Waals surface area contributed by atoms with Crippen LogP contribution in [0, 0.1) is 13.8 Å². The molecule has 0 saturated carbocycles. The van der Waals surface area contributed by atoms with E-state index in [4.69, 9.17) is 4.74 Å². The monoisotopic (exact) mass is 423 g/mol. The molecular weight excluding hydrogens is 402 g/mol.